The van der Waals surface area contributed by atoms with Crippen molar-refractivity contribution in [2.45, 2.75) is 18.9 Å². The number of fused-ring (bicyclic) bond motifs is 1. The molecule has 0 aliphatic carbocycles. The lowest BCUT2D eigenvalue weighted by Crippen LogP contribution is -2.45. The monoisotopic (exact) mass is 270 g/mol. The molecule has 1 fully saturated rings. The summed E-state index contributed by atoms with van der Waals surface area (Å²) in [6, 6.07) is 6.86. The Morgan fingerprint density at radius 1 is 1.30 bits per heavy atom. The first-order chi connectivity index (χ1) is 9.66. The van der Waals surface area contributed by atoms with Crippen LogP contribution in [0.2, 0.25) is 0 Å². The van der Waals surface area contributed by atoms with Crippen LogP contribution in [0.3, 0.4) is 0 Å². The molecule has 1 unspecified atom stereocenters. The second-order valence-electron chi connectivity index (χ2n) is 5.80. The minimum atomic E-state index is 0.608. The van der Waals surface area contributed by atoms with E-state index in [-0.39, 0.29) is 0 Å². The third-order valence-corrected chi connectivity index (χ3v) is 4.31. The third-order valence-electron chi connectivity index (χ3n) is 4.31. The highest BCUT2D eigenvalue weighted by Gasteiger charge is 2.23. The van der Waals surface area contributed by atoms with Gasteiger partial charge in [0.15, 0.2) is 0 Å². The van der Waals surface area contributed by atoms with Gasteiger partial charge < -0.3 is 15.5 Å². The molecule has 1 aliphatic heterocycles. The molecule has 0 spiro atoms. The number of anilines is 2. The zero-order valence-electron chi connectivity index (χ0n) is 12.2. The van der Waals surface area contributed by atoms with E-state index in [0.717, 1.165) is 35.2 Å². The summed E-state index contributed by atoms with van der Waals surface area (Å²) in [6.07, 6.45) is 6.16. The SMILES string of the molecule is CN(C)C1CCCN(c2ccc3cnccc3c2N)C1. The number of hydrogen-bond acceptors (Lipinski definition) is 4. The molecule has 0 bridgehead atoms. The first-order valence-corrected chi connectivity index (χ1v) is 7.20. The second kappa shape index (κ2) is 5.29. The molecule has 4 heteroatoms. The van der Waals surface area contributed by atoms with Crippen molar-refractivity contribution in [3.05, 3.63) is 30.6 Å². The van der Waals surface area contributed by atoms with Gasteiger partial charge in [0.25, 0.3) is 0 Å². The number of pyridine rings is 1. The summed E-state index contributed by atoms with van der Waals surface area (Å²) in [6.45, 7) is 2.14. The molecule has 1 aromatic heterocycles. The quantitative estimate of drug-likeness (QED) is 0.851. The maximum Gasteiger partial charge on any atom is 0.0632 e. The second-order valence-corrected chi connectivity index (χ2v) is 5.80. The van der Waals surface area contributed by atoms with Gasteiger partial charge in [-0.1, -0.05) is 6.07 Å². The molecular formula is C16H22N4. The van der Waals surface area contributed by atoms with E-state index < -0.39 is 0 Å². The van der Waals surface area contributed by atoms with Gasteiger partial charge in [0.2, 0.25) is 0 Å². The molecule has 2 aromatic rings. The van der Waals surface area contributed by atoms with E-state index in [0.29, 0.717) is 6.04 Å². The van der Waals surface area contributed by atoms with E-state index in [1.165, 1.54) is 12.8 Å². The average molecular weight is 270 g/mol. The summed E-state index contributed by atoms with van der Waals surface area (Å²) in [5.74, 6) is 0. The van der Waals surface area contributed by atoms with Gasteiger partial charge in [-0.15, -0.1) is 0 Å². The van der Waals surface area contributed by atoms with Gasteiger partial charge in [-0.3, -0.25) is 4.98 Å². The van der Waals surface area contributed by atoms with Crippen LogP contribution in [0, 0.1) is 0 Å². The average Bonchev–Trinajstić information content (AvgIpc) is 2.48. The first kappa shape index (κ1) is 13.2. The number of hydrogen-bond donors (Lipinski definition) is 1. The van der Waals surface area contributed by atoms with Gasteiger partial charge in [0, 0.05) is 42.3 Å². The van der Waals surface area contributed by atoms with Gasteiger partial charge in [-0.25, -0.2) is 0 Å². The Morgan fingerprint density at radius 2 is 2.15 bits per heavy atom. The minimum Gasteiger partial charge on any atom is -0.397 e. The lowest BCUT2D eigenvalue weighted by atomic mass is 10.0. The molecule has 0 radical (unpaired) electrons. The van der Waals surface area contributed by atoms with Crippen molar-refractivity contribution in [2.24, 2.45) is 0 Å². The molecule has 1 saturated heterocycles. The summed E-state index contributed by atoms with van der Waals surface area (Å²) in [7, 11) is 4.31. The van der Waals surface area contributed by atoms with Crippen molar-refractivity contribution in [1.29, 1.82) is 0 Å². The highest BCUT2D eigenvalue weighted by molar-refractivity contribution is 5.98. The molecule has 1 aliphatic rings. The molecule has 0 saturated carbocycles. The van der Waals surface area contributed by atoms with Crippen LogP contribution < -0.4 is 10.6 Å². The summed E-state index contributed by atoms with van der Waals surface area (Å²) in [4.78, 5) is 8.89. The number of nitrogen functional groups attached to an aromatic ring is 1. The lowest BCUT2D eigenvalue weighted by Gasteiger charge is -2.38. The highest BCUT2D eigenvalue weighted by atomic mass is 15.2. The van der Waals surface area contributed by atoms with Gasteiger partial charge in [-0.05, 0) is 39.1 Å². The number of nitrogens with zero attached hydrogens (tertiary/aromatic N) is 3. The zero-order chi connectivity index (χ0) is 14.1. The predicted octanol–water partition coefficient (Wildman–Crippen LogP) is 2.35. The van der Waals surface area contributed by atoms with E-state index in [1.807, 2.05) is 12.3 Å². The van der Waals surface area contributed by atoms with Gasteiger partial charge in [0.1, 0.15) is 0 Å². The Morgan fingerprint density at radius 3 is 2.95 bits per heavy atom. The number of benzene rings is 1. The Bertz CT molecular complexity index is 608. The fraction of sp³-hybridized carbons (Fsp3) is 0.438. The third kappa shape index (κ3) is 2.31. The molecule has 2 heterocycles. The Labute approximate surface area is 120 Å². The van der Waals surface area contributed by atoms with Crippen molar-refractivity contribution in [3.8, 4) is 0 Å². The van der Waals surface area contributed by atoms with Crippen LogP contribution in [0.15, 0.2) is 30.6 Å². The van der Waals surface area contributed by atoms with Crippen LogP contribution in [-0.4, -0.2) is 43.1 Å². The molecule has 1 aromatic carbocycles. The van der Waals surface area contributed by atoms with E-state index in [9.17, 15) is 0 Å². The van der Waals surface area contributed by atoms with Crippen LogP contribution in [-0.2, 0) is 0 Å². The fourth-order valence-corrected chi connectivity index (χ4v) is 3.05. The smallest absolute Gasteiger partial charge is 0.0632 e. The maximum atomic E-state index is 6.39. The standard InChI is InChI=1S/C16H22N4/c1-19(2)13-4-3-9-20(11-13)15-6-5-12-10-18-8-7-14(12)16(15)17/h5-8,10,13H,3-4,9,11,17H2,1-2H3. The van der Waals surface area contributed by atoms with Crippen molar-refractivity contribution >= 4 is 22.1 Å². The molecule has 0 amide bonds. The summed E-state index contributed by atoms with van der Waals surface area (Å²) in [5, 5.41) is 2.21. The predicted molar refractivity (Wildman–Crippen MR) is 85.1 cm³/mol. The Hall–Kier alpha value is -1.81. The molecule has 20 heavy (non-hydrogen) atoms. The van der Waals surface area contributed by atoms with Crippen LogP contribution in [0.1, 0.15) is 12.8 Å². The van der Waals surface area contributed by atoms with Crippen LogP contribution >= 0.6 is 0 Å². The minimum absolute atomic E-state index is 0.608. The van der Waals surface area contributed by atoms with Crippen molar-refractivity contribution in [2.75, 3.05) is 37.8 Å². The molecular weight excluding hydrogens is 248 g/mol. The highest BCUT2D eigenvalue weighted by Crippen LogP contribution is 2.32. The summed E-state index contributed by atoms with van der Waals surface area (Å²) >= 11 is 0. The number of aromatic nitrogens is 1. The molecule has 3 rings (SSSR count). The number of rotatable bonds is 2. The number of piperidine rings is 1. The lowest BCUT2D eigenvalue weighted by molar-refractivity contribution is 0.258. The van der Waals surface area contributed by atoms with Gasteiger partial charge >= 0.3 is 0 Å². The molecule has 4 nitrogen and oxygen atoms in total. The van der Waals surface area contributed by atoms with Crippen molar-refractivity contribution in [1.82, 2.24) is 9.88 Å². The first-order valence-electron chi connectivity index (χ1n) is 7.20. The van der Waals surface area contributed by atoms with E-state index in [1.54, 1.807) is 6.20 Å². The van der Waals surface area contributed by atoms with Crippen LogP contribution in [0.5, 0.6) is 0 Å². The number of likely N-dealkylation sites (N-methyl/N-ethyl adjacent to an activating group) is 1. The van der Waals surface area contributed by atoms with Gasteiger partial charge in [-0.2, -0.15) is 0 Å². The van der Waals surface area contributed by atoms with Crippen LogP contribution in [0.25, 0.3) is 10.8 Å². The topological polar surface area (TPSA) is 45.4 Å². The largest absolute Gasteiger partial charge is 0.397 e. The fourth-order valence-electron chi connectivity index (χ4n) is 3.05. The summed E-state index contributed by atoms with van der Waals surface area (Å²) in [5.41, 5.74) is 8.43. The van der Waals surface area contributed by atoms with E-state index in [4.69, 9.17) is 5.73 Å². The Balaban J connectivity index is 1.95. The maximum absolute atomic E-state index is 6.39. The normalized spacial score (nSPS) is 19.8. The summed E-state index contributed by atoms with van der Waals surface area (Å²) < 4.78 is 0. The van der Waals surface area contributed by atoms with Crippen molar-refractivity contribution < 1.29 is 0 Å². The van der Waals surface area contributed by atoms with Crippen LogP contribution in [0.4, 0.5) is 11.4 Å². The molecule has 2 N–H and O–H groups in total. The van der Waals surface area contributed by atoms with E-state index >= 15 is 0 Å². The van der Waals surface area contributed by atoms with Gasteiger partial charge in [0.05, 0.1) is 11.4 Å². The zero-order valence-corrected chi connectivity index (χ0v) is 12.2. The molecule has 106 valence electrons. The van der Waals surface area contributed by atoms with E-state index in [2.05, 4.69) is 41.0 Å². The van der Waals surface area contributed by atoms with Crippen molar-refractivity contribution in [3.63, 3.8) is 0 Å². The molecule has 1 atom stereocenters. The number of nitrogens with two attached hydrogens (primary N) is 1. The Kier molecular flexibility index (Phi) is 3.49.